The number of hydrogen-bond donors (Lipinski definition) is 3. The van der Waals surface area contributed by atoms with E-state index in [9.17, 15) is 14.0 Å². The summed E-state index contributed by atoms with van der Waals surface area (Å²) in [5.41, 5.74) is 1.11. The first-order valence-electron chi connectivity index (χ1n) is 6.05. The second kappa shape index (κ2) is 6.72. The van der Waals surface area contributed by atoms with Crippen LogP contribution in [0.15, 0.2) is 18.2 Å². The first kappa shape index (κ1) is 14.9. The molecular weight excluding hydrogens is 249 g/mol. The van der Waals surface area contributed by atoms with Gasteiger partial charge in [0.15, 0.2) is 0 Å². The van der Waals surface area contributed by atoms with Crippen molar-refractivity contribution in [2.24, 2.45) is 0 Å². The number of aryl methyl sites for hydroxylation is 1. The molecule has 1 atom stereocenters. The quantitative estimate of drug-likeness (QED) is 0.778. The number of urea groups is 1. The second-order valence-electron chi connectivity index (χ2n) is 4.18. The molecule has 0 aliphatic heterocycles. The van der Waals surface area contributed by atoms with E-state index < -0.39 is 18.0 Å². The van der Waals surface area contributed by atoms with Gasteiger partial charge in [0.05, 0.1) is 0 Å². The molecule has 0 fully saturated rings. The normalized spacial score (nSPS) is 11.6. The number of anilines is 1. The Bertz CT molecular complexity index is 477. The summed E-state index contributed by atoms with van der Waals surface area (Å²) in [5.74, 6) is -0.752. The van der Waals surface area contributed by atoms with Gasteiger partial charge < -0.3 is 10.6 Å². The van der Waals surface area contributed by atoms with Gasteiger partial charge in [0.2, 0.25) is 5.91 Å². The van der Waals surface area contributed by atoms with Crippen LogP contribution in [-0.4, -0.2) is 24.5 Å². The molecule has 0 aliphatic carbocycles. The zero-order valence-electron chi connectivity index (χ0n) is 11.2. The molecule has 0 aliphatic rings. The fourth-order valence-corrected chi connectivity index (χ4v) is 1.47. The number of hydrogen-bond acceptors (Lipinski definition) is 3. The van der Waals surface area contributed by atoms with Gasteiger partial charge in [-0.05, 0) is 44.5 Å². The van der Waals surface area contributed by atoms with Gasteiger partial charge in [-0.15, -0.1) is 0 Å². The van der Waals surface area contributed by atoms with Gasteiger partial charge >= 0.3 is 6.03 Å². The van der Waals surface area contributed by atoms with E-state index in [1.165, 1.54) is 12.1 Å². The number of amides is 3. The zero-order chi connectivity index (χ0) is 14.4. The van der Waals surface area contributed by atoms with Crippen LogP contribution >= 0.6 is 0 Å². The molecule has 1 unspecified atom stereocenters. The van der Waals surface area contributed by atoms with E-state index in [2.05, 4.69) is 16.0 Å². The predicted molar refractivity (Wildman–Crippen MR) is 71.4 cm³/mol. The number of carbonyl (C=O) groups is 2. The molecular formula is C13H18FN3O2. The minimum atomic E-state index is -0.604. The Labute approximate surface area is 111 Å². The van der Waals surface area contributed by atoms with Crippen molar-refractivity contribution >= 4 is 17.6 Å². The Morgan fingerprint density at radius 3 is 2.63 bits per heavy atom. The summed E-state index contributed by atoms with van der Waals surface area (Å²) in [4.78, 5) is 22.9. The molecule has 0 spiro atoms. The average Bonchev–Trinajstić information content (AvgIpc) is 2.34. The summed E-state index contributed by atoms with van der Waals surface area (Å²) < 4.78 is 13.1. The highest BCUT2D eigenvalue weighted by atomic mass is 19.1. The smallest absolute Gasteiger partial charge is 0.321 e. The molecule has 3 amide bonds. The Hall–Kier alpha value is -2.11. The number of halogens is 1. The molecule has 1 aromatic rings. The lowest BCUT2D eigenvalue weighted by molar-refractivity contribution is -0.120. The molecule has 1 rings (SSSR count). The fraction of sp³-hybridized carbons (Fsp3) is 0.385. The van der Waals surface area contributed by atoms with Crippen molar-refractivity contribution in [3.05, 3.63) is 29.6 Å². The molecule has 5 nitrogen and oxygen atoms in total. The number of benzene rings is 1. The monoisotopic (exact) mass is 267 g/mol. The van der Waals surface area contributed by atoms with Crippen LogP contribution in [0, 0.1) is 12.7 Å². The Kier molecular flexibility index (Phi) is 5.29. The molecule has 0 heterocycles. The first-order chi connectivity index (χ1) is 8.93. The van der Waals surface area contributed by atoms with Gasteiger partial charge in [0, 0.05) is 12.2 Å². The van der Waals surface area contributed by atoms with Crippen LogP contribution in [0.2, 0.25) is 0 Å². The third-order valence-corrected chi connectivity index (χ3v) is 2.51. The fourth-order valence-electron chi connectivity index (χ4n) is 1.47. The molecule has 1 aromatic carbocycles. The lowest BCUT2D eigenvalue weighted by atomic mass is 10.2. The Morgan fingerprint density at radius 2 is 2.05 bits per heavy atom. The van der Waals surface area contributed by atoms with Gasteiger partial charge in [-0.1, -0.05) is 0 Å². The van der Waals surface area contributed by atoms with Crippen LogP contribution < -0.4 is 16.0 Å². The van der Waals surface area contributed by atoms with Crippen LogP contribution in [0.3, 0.4) is 0 Å². The van der Waals surface area contributed by atoms with Crippen molar-refractivity contribution in [2.75, 3.05) is 11.9 Å². The molecule has 0 bridgehead atoms. The van der Waals surface area contributed by atoms with Crippen LogP contribution in [0.5, 0.6) is 0 Å². The number of rotatable bonds is 4. The highest BCUT2D eigenvalue weighted by Crippen LogP contribution is 2.14. The lowest BCUT2D eigenvalue weighted by Gasteiger charge is -2.15. The molecule has 3 N–H and O–H groups in total. The minimum Gasteiger partial charge on any atom is -0.374 e. The highest BCUT2D eigenvalue weighted by molar-refractivity contribution is 5.97. The summed E-state index contributed by atoms with van der Waals surface area (Å²) >= 11 is 0. The largest absolute Gasteiger partial charge is 0.374 e. The van der Waals surface area contributed by atoms with Gasteiger partial charge in [-0.25, -0.2) is 9.18 Å². The summed E-state index contributed by atoms with van der Waals surface area (Å²) in [6.45, 7) is 5.46. The average molecular weight is 267 g/mol. The molecule has 104 valence electrons. The van der Waals surface area contributed by atoms with Crippen molar-refractivity contribution < 1.29 is 14.0 Å². The lowest BCUT2D eigenvalue weighted by Crippen LogP contribution is -2.45. The van der Waals surface area contributed by atoms with Gasteiger partial charge in [-0.2, -0.15) is 0 Å². The minimum absolute atomic E-state index is 0.301. The SMILES string of the molecule is CCNC(=O)NC(=O)C(C)Nc1ccc(F)c(C)c1. The second-order valence-corrected chi connectivity index (χ2v) is 4.18. The maximum Gasteiger partial charge on any atom is 0.321 e. The van der Waals surface area contributed by atoms with E-state index in [0.29, 0.717) is 17.8 Å². The zero-order valence-corrected chi connectivity index (χ0v) is 11.2. The highest BCUT2D eigenvalue weighted by Gasteiger charge is 2.15. The summed E-state index contributed by atoms with van der Waals surface area (Å²) in [6, 6.07) is 3.33. The van der Waals surface area contributed by atoms with E-state index in [-0.39, 0.29) is 5.82 Å². The molecule has 6 heteroatoms. The third kappa shape index (κ3) is 4.57. The van der Waals surface area contributed by atoms with Crippen molar-refractivity contribution in [1.82, 2.24) is 10.6 Å². The number of imide groups is 1. The van der Waals surface area contributed by atoms with Crippen molar-refractivity contribution in [3.8, 4) is 0 Å². The molecule has 0 radical (unpaired) electrons. The topological polar surface area (TPSA) is 70.2 Å². The standard InChI is InChI=1S/C13H18FN3O2/c1-4-15-13(19)17-12(18)9(3)16-10-5-6-11(14)8(2)7-10/h5-7,9,16H,4H2,1-3H3,(H2,15,17,18,19). The van der Waals surface area contributed by atoms with Crippen molar-refractivity contribution in [1.29, 1.82) is 0 Å². The number of carbonyl (C=O) groups excluding carboxylic acids is 2. The van der Waals surface area contributed by atoms with Crippen LogP contribution in [0.4, 0.5) is 14.9 Å². The first-order valence-corrected chi connectivity index (χ1v) is 6.05. The summed E-state index contributed by atoms with van der Waals surface area (Å²) in [5, 5.41) is 7.56. The maximum atomic E-state index is 13.1. The van der Waals surface area contributed by atoms with Gasteiger partial charge in [-0.3, -0.25) is 10.1 Å². The predicted octanol–water partition coefficient (Wildman–Crippen LogP) is 1.78. The van der Waals surface area contributed by atoms with E-state index >= 15 is 0 Å². The summed E-state index contributed by atoms with van der Waals surface area (Å²) in [7, 11) is 0. The van der Waals surface area contributed by atoms with Crippen LogP contribution in [0.25, 0.3) is 0 Å². The molecule has 0 saturated carbocycles. The van der Waals surface area contributed by atoms with Crippen LogP contribution in [-0.2, 0) is 4.79 Å². The summed E-state index contributed by atoms with van der Waals surface area (Å²) in [6.07, 6.45) is 0. The van der Waals surface area contributed by atoms with E-state index in [1.54, 1.807) is 26.8 Å². The van der Waals surface area contributed by atoms with Gasteiger partial charge in [0.1, 0.15) is 11.9 Å². The molecule has 0 saturated heterocycles. The number of nitrogens with one attached hydrogen (secondary N) is 3. The van der Waals surface area contributed by atoms with E-state index in [1.807, 2.05) is 0 Å². The molecule has 0 aromatic heterocycles. The third-order valence-electron chi connectivity index (χ3n) is 2.51. The molecule has 19 heavy (non-hydrogen) atoms. The Morgan fingerprint density at radius 1 is 1.37 bits per heavy atom. The van der Waals surface area contributed by atoms with Gasteiger partial charge in [0.25, 0.3) is 0 Å². The maximum absolute atomic E-state index is 13.1. The van der Waals surface area contributed by atoms with E-state index in [4.69, 9.17) is 0 Å². The van der Waals surface area contributed by atoms with Crippen molar-refractivity contribution in [2.45, 2.75) is 26.8 Å². The van der Waals surface area contributed by atoms with Crippen LogP contribution in [0.1, 0.15) is 19.4 Å². The van der Waals surface area contributed by atoms with Crippen molar-refractivity contribution in [3.63, 3.8) is 0 Å². The Balaban J connectivity index is 2.58. The van der Waals surface area contributed by atoms with E-state index in [0.717, 1.165) is 0 Å².